The molecule has 0 radical (unpaired) electrons. The van der Waals surface area contributed by atoms with Gasteiger partial charge in [-0.2, -0.15) is 0 Å². The highest BCUT2D eigenvalue weighted by Gasteiger charge is 2.12. The number of para-hydroxylation sites is 1. The molecular formula is C18H17BrN2O2S2. The molecule has 130 valence electrons. The summed E-state index contributed by atoms with van der Waals surface area (Å²) in [6, 6.07) is 11.8. The van der Waals surface area contributed by atoms with Crippen LogP contribution >= 0.6 is 38.6 Å². The zero-order valence-corrected chi connectivity index (χ0v) is 16.8. The van der Waals surface area contributed by atoms with E-state index in [1.54, 1.807) is 11.3 Å². The van der Waals surface area contributed by atoms with E-state index in [0.29, 0.717) is 13.2 Å². The maximum atomic E-state index is 12.1. The molecule has 25 heavy (non-hydrogen) atoms. The summed E-state index contributed by atoms with van der Waals surface area (Å²) in [4.78, 5) is 17.8. The Bertz CT molecular complexity index is 860. The first-order chi connectivity index (χ1) is 12.2. The number of thiophene rings is 1. The van der Waals surface area contributed by atoms with Crippen molar-refractivity contribution in [3.8, 4) is 16.3 Å². The van der Waals surface area contributed by atoms with Crippen LogP contribution in [0.3, 0.4) is 0 Å². The lowest BCUT2D eigenvalue weighted by atomic mass is 10.2. The Morgan fingerprint density at radius 1 is 1.28 bits per heavy atom. The number of rotatable bonds is 7. The first kappa shape index (κ1) is 18.1. The average Bonchev–Trinajstić information content (AvgIpc) is 3.23. The fraction of sp³-hybridized carbons (Fsp3) is 0.222. The quantitative estimate of drug-likeness (QED) is 0.573. The number of halogens is 1. The molecule has 0 unspecified atom stereocenters. The average molecular weight is 437 g/mol. The summed E-state index contributed by atoms with van der Waals surface area (Å²) in [5, 5.41) is 5.73. The van der Waals surface area contributed by atoms with E-state index in [0.717, 1.165) is 30.7 Å². The van der Waals surface area contributed by atoms with E-state index in [1.165, 1.54) is 11.3 Å². The molecule has 3 rings (SSSR count). The van der Waals surface area contributed by atoms with E-state index >= 15 is 0 Å². The third kappa shape index (κ3) is 4.90. The third-order valence-electron chi connectivity index (χ3n) is 3.40. The summed E-state index contributed by atoms with van der Waals surface area (Å²) >= 11 is 6.57. The van der Waals surface area contributed by atoms with Crippen molar-refractivity contribution < 1.29 is 9.53 Å². The molecule has 1 amide bonds. The standard InChI is InChI=1S/C18H17BrN2O2S2/c1-2-23-15-6-4-3-5-14(15)18-21-12(11-24-18)9-17(22)20-10-13-7-8-16(19)25-13/h3-8,11H,2,9-10H2,1H3,(H,20,22). The van der Waals surface area contributed by atoms with Gasteiger partial charge in [-0.3, -0.25) is 4.79 Å². The van der Waals surface area contributed by atoms with Gasteiger partial charge in [0.15, 0.2) is 0 Å². The van der Waals surface area contributed by atoms with Gasteiger partial charge in [0.25, 0.3) is 0 Å². The highest BCUT2D eigenvalue weighted by atomic mass is 79.9. The molecular weight excluding hydrogens is 420 g/mol. The molecule has 0 aliphatic heterocycles. The van der Waals surface area contributed by atoms with Gasteiger partial charge in [-0.05, 0) is 47.1 Å². The predicted octanol–water partition coefficient (Wildman–Crippen LogP) is 4.89. The molecule has 0 aliphatic carbocycles. The highest BCUT2D eigenvalue weighted by Crippen LogP contribution is 2.32. The minimum absolute atomic E-state index is 0.0283. The Balaban J connectivity index is 1.62. The van der Waals surface area contributed by atoms with Crippen molar-refractivity contribution in [2.45, 2.75) is 19.9 Å². The van der Waals surface area contributed by atoms with Gasteiger partial charge in [-0.15, -0.1) is 22.7 Å². The summed E-state index contributed by atoms with van der Waals surface area (Å²) < 4.78 is 6.72. The van der Waals surface area contributed by atoms with Crippen LogP contribution in [0.25, 0.3) is 10.6 Å². The number of carbonyl (C=O) groups excluding carboxylic acids is 1. The molecule has 3 aromatic rings. The number of hydrogen-bond acceptors (Lipinski definition) is 5. The van der Waals surface area contributed by atoms with Crippen molar-refractivity contribution in [1.29, 1.82) is 0 Å². The number of nitrogens with one attached hydrogen (secondary N) is 1. The number of hydrogen-bond donors (Lipinski definition) is 1. The summed E-state index contributed by atoms with van der Waals surface area (Å²) in [5.41, 5.74) is 1.74. The van der Waals surface area contributed by atoms with Crippen molar-refractivity contribution in [2.75, 3.05) is 6.61 Å². The number of ether oxygens (including phenoxy) is 1. The van der Waals surface area contributed by atoms with E-state index in [4.69, 9.17) is 4.74 Å². The number of carbonyl (C=O) groups is 1. The van der Waals surface area contributed by atoms with E-state index < -0.39 is 0 Å². The summed E-state index contributed by atoms with van der Waals surface area (Å²) in [6.45, 7) is 3.11. The molecule has 0 fully saturated rings. The molecule has 0 atom stereocenters. The van der Waals surface area contributed by atoms with Gasteiger partial charge in [-0.25, -0.2) is 4.98 Å². The molecule has 0 saturated carbocycles. The van der Waals surface area contributed by atoms with Gasteiger partial charge < -0.3 is 10.1 Å². The third-order valence-corrected chi connectivity index (χ3v) is 5.95. The normalized spacial score (nSPS) is 10.6. The lowest BCUT2D eigenvalue weighted by molar-refractivity contribution is -0.120. The number of thiazole rings is 1. The van der Waals surface area contributed by atoms with Gasteiger partial charge in [0, 0.05) is 10.3 Å². The minimum Gasteiger partial charge on any atom is -0.493 e. The molecule has 0 aliphatic rings. The molecule has 2 aromatic heterocycles. The second kappa shape index (κ2) is 8.60. The Morgan fingerprint density at radius 2 is 2.12 bits per heavy atom. The lowest BCUT2D eigenvalue weighted by Gasteiger charge is -2.07. The maximum Gasteiger partial charge on any atom is 0.226 e. The van der Waals surface area contributed by atoms with Crippen molar-refractivity contribution in [3.63, 3.8) is 0 Å². The van der Waals surface area contributed by atoms with E-state index in [9.17, 15) is 4.79 Å². The zero-order valence-electron chi connectivity index (χ0n) is 13.6. The van der Waals surface area contributed by atoms with E-state index in [2.05, 4.69) is 26.2 Å². The van der Waals surface area contributed by atoms with Crippen LogP contribution in [0.2, 0.25) is 0 Å². The van der Waals surface area contributed by atoms with Crippen molar-refractivity contribution in [1.82, 2.24) is 10.3 Å². The van der Waals surface area contributed by atoms with Crippen LogP contribution in [0.1, 0.15) is 17.5 Å². The predicted molar refractivity (Wildman–Crippen MR) is 106 cm³/mol. The van der Waals surface area contributed by atoms with Crippen LogP contribution in [0.5, 0.6) is 5.75 Å². The molecule has 0 bridgehead atoms. The summed E-state index contributed by atoms with van der Waals surface area (Å²) in [6.07, 6.45) is 0.278. The van der Waals surface area contributed by atoms with Crippen LogP contribution in [0, 0.1) is 0 Å². The molecule has 2 heterocycles. The Kier molecular flexibility index (Phi) is 6.23. The smallest absolute Gasteiger partial charge is 0.226 e. The zero-order chi connectivity index (χ0) is 17.6. The SMILES string of the molecule is CCOc1ccccc1-c1nc(CC(=O)NCc2ccc(Br)s2)cs1. The van der Waals surface area contributed by atoms with E-state index in [-0.39, 0.29) is 12.3 Å². The van der Waals surface area contributed by atoms with Crippen molar-refractivity contribution in [3.05, 3.63) is 56.1 Å². The second-order valence-corrected chi connectivity index (χ2v) is 8.64. The fourth-order valence-corrected chi connectivity index (χ4v) is 4.57. The lowest BCUT2D eigenvalue weighted by Crippen LogP contribution is -2.24. The van der Waals surface area contributed by atoms with Gasteiger partial charge in [0.1, 0.15) is 10.8 Å². The first-order valence-corrected chi connectivity index (χ1v) is 10.3. The minimum atomic E-state index is -0.0283. The largest absolute Gasteiger partial charge is 0.493 e. The fourth-order valence-electron chi connectivity index (χ4n) is 2.30. The van der Waals surface area contributed by atoms with Crippen molar-refractivity contribution in [2.24, 2.45) is 0 Å². The number of benzene rings is 1. The molecule has 4 nitrogen and oxygen atoms in total. The Labute approximate surface area is 163 Å². The van der Waals surface area contributed by atoms with Crippen LogP contribution in [-0.2, 0) is 17.8 Å². The van der Waals surface area contributed by atoms with Crippen LogP contribution in [0.4, 0.5) is 0 Å². The van der Waals surface area contributed by atoms with Gasteiger partial charge in [0.05, 0.1) is 34.6 Å². The maximum absolute atomic E-state index is 12.1. The summed E-state index contributed by atoms with van der Waals surface area (Å²) in [7, 11) is 0. The molecule has 1 aromatic carbocycles. The number of aromatic nitrogens is 1. The van der Waals surface area contributed by atoms with Gasteiger partial charge in [0.2, 0.25) is 5.91 Å². The van der Waals surface area contributed by atoms with Crippen molar-refractivity contribution >= 4 is 44.5 Å². The monoisotopic (exact) mass is 436 g/mol. The first-order valence-electron chi connectivity index (χ1n) is 7.83. The van der Waals surface area contributed by atoms with Crippen LogP contribution < -0.4 is 10.1 Å². The molecule has 7 heteroatoms. The van der Waals surface area contributed by atoms with Crippen LogP contribution in [0.15, 0.2) is 45.6 Å². The van der Waals surface area contributed by atoms with E-state index in [1.807, 2.05) is 48.7 Å². The number of amides is 1. The molecule has 1 N–H and O–H groups in total. The number of nitrogens with zero attached hydrogens (tertiary/aromatic N) is 1. The van der Waals surface area contributed by atoms with Gasteiger partial charge in [-0.1, -0.05) is 12.1 Å². The topological polar surface area (TPSA) is 51.2 Å². The Hall–Kier alpha value is -1.70. The molecule has 0 saturated heterocycles. The van der Waals surface area contributed by atoms with Gasteiger partial charge >= 0.3 is 0 Å². The summed E-state index contributed by atoms with van der Waals surface area (Å²) in [5.74, 6) is 0.790. The Morgan fingerprint density at radius 3 is 2.88 bits per heavy atom. The second-order valence-electron chi connectivity index (χ2n) is 5.23. The van der Waals surface area contributed by atoms with Crippen LogP contribution in [-0.4, -0.2) is 17.5 Å². The molecule has 0 spiro atoms. The highest BCUT2D eigenvalue weighted by molar-refractivity contribution is 9.11.